The monoisotopic (exact) mass is 328 g/mol. The molecule has 0 saturated carbocycles. The second-order valence-electron chi connectivity index (χ2n) is 4.92. The molecule has 2 nitrogen and oxygen atoms in total. The summed E-state index contributed by atoms with van der Waals surface area (Å²) >= 11 is 0. The molecule has 0 saturated heterocycles. The molecule has 2 aromatic carbocycles. The van der Waals surface area contributed by atoms with Crippen LogP contribution in [-0.2, 0) is 0 Å². The van der Waals surface area contributed by atoms with Gasteiger partial charge in [-0.25, -0.2) is 17.6 Å². The first-order chi connectivity index (χ1) is 11.5. The van der Waals surface area contributed by atoms with Crippen molar-refractivity contribution < 1.29 is 17.6 Å². The largest absolute Gasteiger partial charge is 0.263 e. The van der Waals surface area contributed by atoms with Gasteiger partial charge in [-0.15, -0.1) is 0 Å². The van der Waals surface area contributed by atoms with Crippen molar-refractivity contribution in [3.63, 3.8) is 0 Å². The van der Waals surface area contributed by atoms with E-state index in [0.717, 1.165) is 12.1 Å². The molecule has 0 fully saturated rings. The third-order valence-corrected chi connectivity index (χ3v) is 3.54. The normalized spacial score (nSPS) is 10.5. The number of benzene rings is 2. The summed E-state index contributed by atoms with van der Waals surface area (Å²) in [6, 6.07) is 8.84. The smallest absolute Gasteiger partial charge is 0.166 e. The molecule has 0 amide bonds. The van der Waals surface area contributed by atoms with Crippen LogP contribution in [0.1, 0.15) is 5.56 Å². The highest BCUT2D eigenvalue weighted by molar-refractivity contribution is 5.81. The predicted octanol–water partition coefficient (Wildman–Crippen LogP) is 4.84. The first-order valence-corrected chi connectivity index (χ1v) is 6.81. The van der Waals surface area contributed by atoms with Crippen LogP contribution in [0.2, 0.25) is 0 Å². The second-order valence-corrected chi connectivity index (χ2v) is 4.92. The molecule has 1 aromatic heterocycles. The van der Waals surface area contributed by atoms with E-state index in [1.165, 1.54) is 36.7 Å². The molecule has 0 bridgehead atoms. The number of nitriles is 1. The van der Waals surface area contributed by atoms with E-state index in [0.29, 0.717) is 0 Å². The molecule has 6 heteroatoms. The Bertz CT molecular complexity index is 907. The number of rotatable bonds is 2. The van der Waals surface area contributed by atoms with Gasteiger partial charge in [-0.1, -0.05) is 24.3 Å². The fourth-order valence-electron chi connectivity index (χ4n) is 2.41. The topological polar surface area (TPSA) is 36.7 Å². The van der Waals surface area contributed by atoms with E-state index in [1.807, 2.05) is 6.07 Å². The minimum atomic E-state index is -1.15. The van der Waals surface area contributed by atoms with Crippen LogP contribution in [0.25, 0.3) is 22.3 Å². The number of nitrogens with zero attached hydrogens (tertiary/aromatic N) is 2. The molecule has 3 rings (SSSR count). The Morgan fingerprint density at radius 1 is 0.708 bits per heavy atom. The molecular weight excluding hydrogens is 320 g/mol. The number of hydrogen-bond donors (Lipinski definition) is 0. The summed E-state index contributed by atoms with van der Waals surface area (Å²) in [6.45, 7) is 0. The van der Waals surface area contributed by atoms with Crippen molar-refractivity contribution in [3.8, 4) is 28.3 Å². The van der Waals surface area contributed by atoms with Gasteiger partial charge >= 0.3 is 0 Å². The Kier molecular flexibility index (Phi) is 4.00. The minimum Gasteiger partial charge on any atom is -0.263 e. The van der Waals surface area contributed by atoms with Gasteiger partial charge < -0.3 is 0 Å². The highest BCUT2D eigenvalue weighted by atomic mass is 19.2. The molecule has 0 spiro atoms. The first kappa shape index (κ1) is 15.7. The van der Waals surface area contributed by atoms with Crippen LogP contribution in [0, 0.1) is 34.6 Å². The number of pyridine rings is 1. The summed E-state index contributed by atoms with van der Waals surface area (Å²) in [5, 5.41) is 9.43. The highest BCUT2D eigenvalue weighted by Gasteiger charge is 2.19. The van der Waals surface area contributed by atoms with E-state index in [4.69, 9.17) is 0 Å². The molecule has 1 heterocycles. The summed E-state index contributed by atoms with van der Waals surface area (Å²) in [6.07, 6.45) is 2.36. The summed E-state index contributed by atoms with van der Waals surface area (Å²) in [7, 11) is 0. The van der Waals surface area contributed by atoms with Crippen molar-refractivity contribution in [3.05, 3.63) is 77.6 Å². The average Bonchev–Trinajstić information content (AvgIpc) is 2.59. The molecule has 0 N–H and O–H groups in total. The van der Waals surface area contributed by atoms with Crippen molar-refractivity contribution in [2.24, 2.45) is 0 Å². The molecular formula is C18H8F4N2. The average molecular weight is 328 g/mol. The van der Waals surface area contributed by atoms with Crippen molar-refractivity contribution in [1.82, 2.24) is 4.98 Å². The lowest BCUT2D eigenvalue weighted by Crippen LogP contribution is -1.97. The van der Waals surface area contributed by atoms with Crippen molar-refractivity contribution in [1.29, 1.82) is 5.26 Å². The Hall–Kier alpha value is -3.20. The quantitative estimate of drug-likeness (QED) is 0.631. The molecule has 0 radical (unpaired) electrons. The van der Waals surface area contributed by atoms with E-state index in [2.05, 4.69) is 4.98 Å². The van der Waals surface area contributed by atoms with Crippen LogP contribution < -0.4 is 0 Å². The van der Waals surface area contributed by atoms with Crippen LogP contribution in [0.15, 0.2) is 48.8 Å². The fourth-order valence-corrected chi connectivity index (χ4v) is 2.41. The third kappa shape index (κ3) is 2.50. The van der Waals surface area contributed by atoms with Gasteiger partial charge in [0.25, 0.3) is 0 Å². The van der Waals surface area contributed by atoms with Gasteiger partial charge in [0.2, 0.25) is 0 Å². The van der Waals surface area contributed by atoms with Crippen LogP contribution >= 0.6 is 0 Å². The van der Waals surface area contributed by atoms with E-state index < -0.39 is 23.3 Å². The number of hydrogen-bond acceptors (Lipinski definition) is 2. The summed E-state index contributed by atoms with van der Waals surface area (Å²) in [5.74, 6) is -4.46. The Labute approximate surface area is 134 Å². The zero-order valence-electron chi connectivity index (χ0n) is 12.0. The molecule has 0 atom stereocenters. The molecule has 0 aliphatic heterocycles. The van der Waals surface area contributed by atoms with Gasteiger partial charge in [0.05, 0.1) is 5.56 Å². The lowest BCUT2D eigenvalue weighted by Gasteiger charge is -2.11. The fraction of sp³-hybridized carbons (Fsp3) is 0. The Balaban J connectivity index is 2.31. The first-order valence-electron chi connectivity index (χ1n) is 6.81. The van der Waals surface area contributed by atoms with Crippen molar-refractivity contribution in [2.75, 3.05) is 0 Å². The van der Waals surface area contributed by atoms with Gasteiger partial charge in [-0.2, -0.15) is 5.26 Å². The maximum Gasteiger partial charge on any atom is 0.166 e. The molecule has 24 heavy (non-hydrogen) atoms. The molecule has 0 aliphatic carbocycles. The Morgan fingerprint density at radius 2 is 1.17 bits per heavy atom. The lowest BCUT2D eigenvalue weighted by atomic mass is 9.94. The second kappa shape index (κ2) is 6.13. The lowest BCUT2D eigenvalue weighted by molar-refractivity contribution is 0.511. The Morgan fingerprint density at radius 3 is 1.58 bits per heavy atom. The summed E-state index contributed by atoms with van der Waals surface area (Å²) < 4.78 is 55.0. The van der Waals surface area contributed by atoms with Gasteiger partial charge in [-0.05, 0) is 12.1 Å². The maximum absolute atomic E-state index is 14.0. The number of halogens is 4. The van der Waals surface area contributed by atoms with Gasteiger partial charge in [0.15, 0.2) is 23.3 Å². The van der Waals surface area contributed by atoms with Gasteiger partial charge in [-0.3, -0.25) is 4.98 Å². The van der Waals surface area contributed by atoms with Crippen molar-refractivity contribution >= 4 is 0 Å². The third-order valence-electron chi connectivity index (χ3n) is 3.54. The van der Waals surface area contributed by atoms with Gasteiger partial charge in [0.1, 0.15) is 6.07 Å². The van der Waals surface area contributed by atoms with Crippen molar-refractivity contribution in [2.45, 2.75) is 0 Å². The van der Waals surface area contributed by atoms with Crippen LogP contribution in [0.5, 0.6) is 0 Å². The SMILES string of the molecule is N#Cc1c(-c2cccc(F)c2F)cncc1-c1cccc(F)c1F. The molecule has 118 valence electrons. The summed E-state index contributed by atoms with van der Waals surface area (Å²) in [4.78, 5) is 3.86. The number of aromatic nitrogens is 1. The standard InChI is InChI=1S/C18H8F4N2/c19-15-5-1-3-10(17(15)21)13-8-24-9-14(12(13)7-23)11-4-2-6-16(20)18(11)22/h1-6,8-9H. The van der Waals surface area contributed by atoms with E-state index in [1.54, 1.807) is 0 Å². The predicted molar refractivity (Wildman–Crippen MR) is 79.7 cm³/mol. The van der Waals surface area contributed by atoms with Gasteiger partial charge in [0, 0.05) is 34.6 Å². The minimum absolute atomic E-state index is 0.00402. The maximum atomic E-state index is 14.0. The van der Waals surface area contributed by atoms with Crippen LogP contribution in [-0.4, -0.2) is 4.98 Å². The zero-order chi connectivity index (χ0) is 17.3. The highest BCUT2D eigenvalue weighted by Crippen LogP contribution is 2.34. The van der Waals surface area contributed by atoms with Crippen LogP contribution in [0.4, 0.5) is 17.6 Å². The van der Waals surface area contributed by atoms with E-state index in [-0.39, 0.29) is 27.8 Å². The summed E-state index contributed by atoms with van der Waals surface area (Å²) in [5.41, 5.74) is -0.499. The molecule has 3 aromatic rings. The zero-order valence-corrected chi connectivity index (χ0v) is 12.0. The van der Waals surface area contributed by atoms with Crippen LogP contribution in [0.3, 0.4) is 0 Å². The van der Waals surface area contributed by atoms with E-state index in [9.17, 15) is 22.8 Å². The molecule has 0 unspecified atom stereocenters. The molecule has 0 aliphatic rings. The van der Waals surface area contributed by atoms with E-state index >= 15 is 0 Å².